The van der Waals surface area contributed by atoms with Crippen molar-refractivity contribution in [1.29, 1.82) is 0 Å². The molecule has 2 aromatic heterocycles. The Bertz CT molecular complexity index is 971. The van der Waals surface area contributed by atoms with Gasteiger partial charge in [-0.3, -0.25) is 4.79 Å². The summed E-state index contributed by atoms with van der Waals surface area (Å²) in [6.07, 6.45) is 3.50. The van der Waals surface area contributed by atoms with Crippen LogP contribution in [0.15, 0.2) is 29.4 Å². The SMILES string of the molecule is C[C@@H]1[C@H](C)CCC[C@@H]1NC(=O)[C@@H](C)Sc1nnc2c(n1)[nH]c1ccccc12. The third kappa shape index (κ3) is 3.65. The molecule has 2 heterocycles. The highest BCUT2D eigenvalue weighted by Gasteiger charge is 2.29. The molecule has 6 nitrogen and oxygen atoms in total. The summed E-state index contributed by atoms with van der Waals surface area (Å²) in [7, 11) is 0. The van der Waals surface area contributed by atoms with Crippen LogP contribution < -0.4 is 5.32 Å². The largest absolute Gasteiger partial charge is 0.352 e. The molecule has 27 heavy (non-hydrogen) atoms. The fourth-order valence-corrected chi connectivity index (χ4v) is 4.58. The minimum atomic E-state index is -0.266. The first-order valence-electron chi connectivity index (χ1n) is 9.61. The lowest BCUT2D eigenvalue weighted by atomic mass is 9.78. The second-order valence-corrected chi connectivity index (χ2v) is 8.91. The molecule has 1 amide bonds. The molecule has 1 aromatic carbocycles. The zero-order valence-electron chi connectivity index (χ0n) is 15.9. The van der Waals surface area contributed by atoms with Crippen molar-refractivity contribution in [2.75, 3.05) is 0 Å². The topological polar surface area (TPSA) is 83.6 Å². The van der Waals surface area contributed by atoms with Crippen molar-refractivity contribution in [3.05, 3.63) is 24.3 Å². The molecule has 1 fully saturated rings. The molecule has 4 atom stereocenters. The van der Waals surface area contributed by atoms with Crippen molar-refractivity contribution < 1.29 is 4.79 Å². The Balaban J connectivity index is 1.46. The Morgan fingerprint density at radius 3 is 2.93 bits per heavy atom. The van der Waals surface area contributed by atoms with E-state index in [4.69, 9.17) is 0 Å². The van der Waals surface area contributed by atoms with Crippen LogP contribution in [-0.2, 0) is 4.79 Å². The number of carbonyl (C=O) groups excluding carboxylic acids is 1. The lowest BCUT2D eigenvalue weighted by Crippen LogP contribution is -2.46. The number of amides is 1. The first kappa shape index (κ1) is 18.2. The van der Waals surface area contributed by atoms with E-state index in [0.29, 0.717) is 22.6 Å². The van der Waals surface area contributed by atoms with Crippen molar-refractivity contribution in [1.82, 2.24) is 25.5 Å². The fraction of sp³-hybridized carbons (Fsp3) is 0.500. The molecule has 0 saturated heterocycles. The number of aromatic amines is 1. The zero-order valence-corrected chi connectivity index (χ0v) is 16.7. The molecule has 1 aliphatic rings. The monoisotopic (exact) mass is 383 g/mol. The van der Waals surface area contributed by atoms with Gasteiger partial charge in [0.05, 0.1) is 5.25 Å². The van der Waals surface area contributed by atoms with Crippen LogP contribution in [0.1, 0.15) is 40.0 Å². The van der Waals surface area contributed by atoms with Gasteiger partial charge in [0.25, 0.3) is 0 Å². The van der Waals surface area contributed by atoms with E-state index in [2.05, 4.69) is 39.3 Å². The molecule has 0 unspecified atom stereocenters. The van der Waals surface area contributed by atoms with Crippen LogP contribution in [0.5, 0.6) is 0 Å². The van der Waals surface area contributed by atoms with E-state index in [9.17, 15) is 4.79 Å². The number of benzene rings is 1. The van der Waals surface area contributed by atoms with Gasteiger partial charge in [-0.25, -0.2) is 4.98 Å². The number of aromatic nitrogens is 4. The molecule has 1 saturated carbocycles. The van der Waals surface area contributed by atoms with Crippen LogP contribution in [0.25, 0.3) is 22.1 Å². The Labute approximate surface area is 162 Å². The Hall–Kier alpha value is -2.15. The smallest absolute Gasteiger partial charge is 0.233 e. The number of hydrogen-bond donors (Lipinski definition) is 2. The molecule has 0 aliphatic heterocycles. The number of H-pyrrole nitrogens is 1. The zero-order chi connectivity index (χ0) is 19.0. The summed E-state index contributed by atoms with van der Waals surface area (Å²) in [6, 6.07) is 8.20. The van der Waals surface area contributed by atoms with E-state index < -0.39 is 0 Å². The number of hydrogen-bond acceptors (Lipinski definition) is 5. The summed E-state index contributed by atoms with van der Waals surface area (Å²) < 4.78 is 0. The van der Waals surface area contributed by atoms with E-state index in [0.717, 1.165) is 22.8 Å². The maximum atomic E-state index is 12.7. The van der Waals surface area contributed by atoms with Gasteiger partial charge in [0, 0.05) is 16.9 Å². The Morgan fingerprint density at radius 2 is 2.07 bits per heavy atom. The molecule has 0 spiro atoms. The Kier molecular flexibility index (Phi) is 5.04. The summed E-state index contributed by atoms with van der Waals surface area (Å²) in [5, 5.41) is 13.0. The minimum absolute atomic E-state index is 0.0475. The van der Waals surface area contributed by atoms with Crippen LogP contribution in [-0.4, -0.2) is 37.4 Å². The second kappa shape index (κ2) is 7.46. The maximum Gasteiger partial charge on any atom is 0.233 e. The molecular formula is C20H25N5OS. The highest BCUT2D eigenvalue weighted by atomic mass is 32.2. The van der Waals surface area contributed by atoms with E-state index >= 15 is 0 Å². The predicted molar refractivity (Wildman–Crippen MR) is 109 cm³/mol. The number of thioether (sulfide) groups is 1. The number of rotatable bonds is 4. The second-order valence-electron chi connectivity index (χ2n) is 7.60. The molecule has 1 aliphatic carbocycles. The standard InChI is InChI=1S/C20H25N5OS/c1-11-7-6-10-15(12(11)2)22-19(26)13(3)27-20-23-18-17(24-25-20)14-8-4-5-9-16(14)21-18/h4-5,8-9,11-13,15H,6-7,10H2,1-3H3,(H,22,26)(H,21,23,25)/t11-,12-,13-,15+/m1/s1. The van der Waals surface area contributed by atoms with Crippen molar-refractivity contribution >= 4 is 39.7 Å². The summed E-state index contributed by atoms with van der Waals surface area (Å²) in [5.41, 5.74) is 2.45. The van der Waals surface area contributed by atoms with Gasteiger partial charge in [0.15, 0.2) is 5.65 Å². The molecule has 7 heteroatoms. The van der Waals surface area contributed by atoms with Gasteiger partial charge in [-0.2, -0.15) is 0 Å². The lowest BCUT2D eigenvalue weighted by Gasteiger charge is -2.35. The first-order valence-corrected chi connectivity index (χ1v) is 10.5. The highest BCUT2D eigenvalue weighted by molar-refractivity contribution is 8.00. The third-order valence-corrected chi connectivity index (χ3v) is 6.74. The summed E-state index contributed by atoms with van der Waals surface area (Å²) in [4.78, 5) is 20.5. The van der Waals surface area contributed by atoms with E-state index in [1.54, 1.807) is 0 Å². The van der Waals surface area contributed by atoms with Crippen LogP contribution >= 0.6 is 11.8 Å². The van der Waals surface area contributed by atoms with Crippen molar-refractivity contribution in [2.24, 2.45) is 11.8 Å². The average Bonchev–Trinajstić information content (AvgIpc) is 3.03. The van der Waals surface area contributed by atoms with Gasteiger partial charge in [0.1, 0.15) is 5.52 Å². The fourth-order valence-electron chi connectivity index (χ4n) is 3.85. The van der Waals surface area contributed by atoms with Gasteiger partial charge in [-0.1, -0.05) is 56.7 Å². The number of fused-ring (bicyclic) bond motifs is 3. The summed E-state index contributed by atoms with van der Waals surface area (Å²) in [5.74, 6) is 1.22. The molecule has 0 bridgehead atoms. The van der Waals surface area contributed by atoms with Gasteiger partial charge < -0.3 is 10.3 Å². The van der Waals surface area contributed by atoms with E-state index in [1.807, 2.05) is 31.2 Å². The normalized spacial score (nSPS) is 24.2. The number of nitrogens with one attached hydrogen (secondary N) is 2. The maximum absolute atomic E-state index is 12.7. The highest BCUT2D eigenvalue weighted by Crippen LogP contribution is 2.30. The summed E-state index contributed by atoms with van der Waals surface area (Å²) in [6.45, 7) is 6.41. The third-order valence-electron chi connectivity index (χ3n) is 5.79. The van der Waals surface area contributed by atoms with Gasteiger partial charge in [-0.15, -0.1) is 10.2 Å². The lowest BCUT2D eigenvalue weighted by molar-refractivity contribution is -0.121. The molecule has 2 N–H and O–H groups in total. The van der Waals surface area contributed by atoms with Gasteiger partial charge in [-0.05, 0) is 31.2 Å². The molecule has 142 valence electrons. The first-order chi connectivity index (χ1) is 13.0. The average molecular weight is 384 g/mol. The quantitative estimate of drug-likeness (QED) is 0.667. The van der Waals surface area contributed by atoms with Crippen LogP contribution in [0.3, 0.4) is 0 Å². The van der Waals surface area contributed by atoms with Crippen LogP contribution in [0.4, 0.5) is 0 Å². The van der Waals surface area contributed by atoms with Crippen molar-refractivity contribution in [3.63, 3.8) is 0 Å². The van der Waals surface area contributed by atoms with Crippen molar-refractivity contribution in [2.45, 2.75) is 56.5 Å². The molecule has 3 aromatic rings. The number of nitrogens with zero attached hydrogens (tertiary/aromatic N) is 3. The summed E-state index contributed by atoms with van der Waals surface area (Å²) >= 11 is 1.35. The number of carbonyl (C=O) groups is 1. The predicted octanol–water partition coefficient (Wildman–Crippen LogP) is 3.93. The molecule has 4 rings (SSSR count). The number of para-hydroxylation sites is 1. The van der Waals surface area contributed by atoms with Crippen molar-refractivity contribution in [3.8, 4) is 0 Å². The molecular weight excluding hydrogens is 358 g/mol. The van der Waals surface area contributed by atoms with E-state index in [-0.39, 0.29) is 17.2 Å². The van der Waals surface area contributed by atoms with Gasteiger partial charge in [0.2, 0.25) is 11.1 Å². The Morgan fingerprint density at radius 1 is 1.26 bits per heavy atom. The minimum Gasteiger partial charge on any atom is -0.352 e. The van der Waals surface area contributed by atoms with Gasteiger partial charge >= 0.3 is 0 Å². The van der Waals surface area contributed by atoms with Crippen LogP contribution in [0.2, 0.25) is 0 Å². The van der Waals surface area contributed by atoms with E-state index in [1.165, 1.54) is 24.6 Å². The molecule has 0 radical (unpaired) electrons. The van der Waals surface area contributed by atoms with Crippen LogP contribution in [0, 0.1) is 11.8 Å².